The minimum absolute atomic E-state index is 0.128. The Bertz CT molecular complexity index is 507. The summed E-state index contributed by atoms with van der Waals surface area (Å²) in [5.41, 5.74) is 0.887. The molecule has 1 aromatic heterocycles. The van der Waals surface area contributed by atoms with Crippen LogP contribution in [0.15, 0.2) is 34.9 Å². The third-order valence-electron chi connectivity index (χ3n) is 2.26. The van der Waals surface area contributed by atoms with Gasteiger partial charge in [-0.15, -0.1) is 0 Å². The molecule has 0 bridgehead atoms. The molecule has 0 aliphatic carbocycles. The van der Waals surface area contributed by atoms with E-state index >= 15 is 0 Å². The Morgan fingerprint density at radius 2 is 2.06 bits per heavy atom. The van der Waals surface area contributed by atoms with Gasteiger partial charge in [0.1, 0.15) is 6.04 Å². The van der Waals surface area contributed by atoms with Crippen molar-refractivity contribution in [3.05, 3.63) is 36.2 Å². The number of benzene rings is 1. The Labute approximate surface area is 98.8 Å². The maximum atomic E-state index is 10.9. The zero-order valence-corrected chi connectivity index (χ0v) is 9.68. The highest BCUT2D eigenvalue weighted by Gasteiger charge is 2.15. The summed E-state index contributed by atoms with van der Waals surface area (Å²) in [6, 6.07) is 9.25. The van der Waals surface area contributed by atoms with Crippen LogP contribution in [0.25, 0.3) is 11.4 Å². The summed E-state index contributed by atoms with van der Waals surface area (Å²) in [5.74, 6) is 0.800. The number of aromatic nitrogens is 2. The number of rotatable bonds is 3. The van der Waals surface area contributed by atoms with Crippen LogP contribution < -0.4 is 5.32 Å². The standard InChI is InChI=1S/C12H13N3O2/c1-8(13-9(2)16)12-14-11(15-17-12)10-6-4-3-5-7-10/h3-8H,1-2H3,(H,13,16)/t8-/m0/s1. The third kappa shape index (κ3) is 2.69. The van der Waals surface area contributed by atoms with E-state index in [2.05, 4.69) is 15.5 Å². The second-order valence-electron chi connectivity index (χ2n) is 3.74. The Hall–Kier alpha value is -2.17. The number of hydrogen-bond donors (Lipinski definition) is 1. The minimum atomic E-state index is -0.280. The van der Waals surface area contributed by atoms with Gasteiger partial charge < -0.3 is 9.84 Å². The van der Waals surface area contributed by atoms with Crippen molar-refractivity contribution in [1.82, 2.24) is 15.5 Å². The number of amides is 1. The van der Waals surface area contributed by atoms with Crippen LogP contribution in [-0.2, 0) is 4.79 Å². The van der Waals surface area contributed by atoms with Crippen LogP contribution >= 0.6 is 0 Å². The molecule has 0 radical (unpaired) electrons. The fourth-order valence-corrected chi connectivity index (χ4v) is 1.48. The lowest BCUT2D eigenvalue weighted by Gasteiger charge is -2.05. The molecular formula is C12H13N3O2. The summed E-state index contributed by atoms with van der Waals surface area (Å²) in [6.45, 7) is 3.24. The molecule has 0 aliphatic heterocycles. The lowest BCUT2D eigenvalue weighted by Crippen LogP contribution is -2.23. The summed E-state index contributed by atoms with van der Waals surface area (Å²) in [4.78, 5) is 15.1. The fourth-order valence-electron chi connectivity index (χ4n) is 1.48. The molecule has 88 valence electrons. The monoisotopic (exact) mass is 231 g/mol. The van der Waals surface area contributed by atoms with Crippen LogP contribution in [0.1, 0.15) is 25.8 Å². The summed E-state index contributed by atoms with van der Waals surface area (Å²) in [7, 11) is 0. The summed E-state index contributed by atoms with van der Waals surface area (Å²) < 4.78 is 5.11. The van der Waals surface area contributed by atoms with Gasteiger partial charge in [-0.1, -0.05) is 35.5 Å². The van der Waals surface area contributed by atoms with Crippen LogP contribution in [-0.4, -0.2) is 16.0 Å². The largest absolute Gasteiger partial charge is 0.345 e. The highest BCUT2D eigenvalue weighted by atomic mass is 16.5. The van der Waals surface area contributed by atoms with Crippen molar-refractivity contribution < 1.29 is 9.32 Å². The van der Waals surface area contributed by atoms with Crippen molar-refractivity contribution >= 4 is 5.91 Å². The topological polar surface area (TPSA) is 68.0 Å². The van der Waals surface area contributed by atoms with Crippen molar-refractivity contribution in [1.29, 1.82) is 0 Å². The van der Waals surface area contributed by atoms with Crippen molar-refractivity contribution in [2.45, 2.75) is 19.9 Å². The highest BCUT2D eigenvalue weighted by Crippen LogP contribution is 2.17. The predicted octanol–water partition coefficient (Wildman–Crippen LogP) is 1.93. The Morgan fingerprint density at radius 3 is 2.71 bits per heavy atom. The first-order chi connectivity index (χ1) is 8.16. The molecule has 2 aromatic rings. The Kier molecular flexibility index (Phi) is 3.18. The van der Waals surface area contributed by atoms with Gasteiger partial charge in [0.05, 0.1) is 0 Å². The zero-order valence-electron chi connectivity index (χ0n) is 9.68. The lowest BCUT2D eigenvalue weighted by atomic mass is 10.2. The maximum Gasteiger partial charge on any atom is 0.249 e. The van der Waals surface area contributed by atoms with Crippen LogP contribution in [0.3, 0.4) is 0 Å². The maximum absolute atomic E-state index is 10.9. The number of hydrogen-bond acceptors (Lipinski definition) is 4. The van der Waals surface area contributed by atoms with Gasteiger partial charge in [0.2, 0.25) is 17.6 Å². The zero-order chi connectivity index (χ0) is 12.3. The number of nitrogens with zero attached hydrogens (tertiary/aromatic N) is 2. The van der Waals surface area contributed by atoms with Gasteiger partial charge in [0.15, 0.2) is 0 Å². The van der Waals surface area contributed by atoms with Crippen molar-refractivity contribution in [2.24, 2.45) is 0 Å². The van der Waals surface area contributed by atoms with Gasteiger partial charge in [-0.3, -0.25) is 4.79 Å². The molecule has 0 saturated heterocycles. The number of carbonyl (C=O) groups excluding carboxylic acids is 1. The van der Waals surface area contributed by atoms with E-state index in [0.29, 0.717) is 11.7 Å². The van der Waals surface area contributed by atoms with E-state index in [9.17, 15) is 4.79 Å². The minimum Gasteiger partial charge on any atom is -0.345 e. The quantitative estimate of drug-likeness (QED) is 0.876. The smallest absolute Gasteiger partial charge is 0.249 e. The van der Waals surface area contributed by atoms with E-state index < -0.39 is 0 Å². The summed E-state index contributed by atoms with van der Waals surface area (Å²) in [6.07, 6.45) is 0. The van der Waals surface area contributed by atoms with Gasteiger partial charge in [0, 0.05) is 12.5 Å². The first-order valence-corrected chi connectivity index (χ1v) is 5.33. The average molecular weight is 231 g/mol. The van der Waals surface area contributed by atoms with Crippen LogP contribution in [0, 0.1) is 0 Å². The molecule has 1 heterocycles. The molecule has 1 aromatic carbocycles. The van der Waals surface area contributed by atoms with Gasteiger partial charge in [-0.05, 0) is 6.92 Å². The van der Waals surface area contributed by atoms with E-state index in [-0.39, 0.29) is 11.9 Å². The molecule has 0 aliphatic rings. The first kappa shape index (κ1) is 11.3. The summed E-state index contributed by atoms with van der Waals surface area (Å²) in [5, 5.41) is 6.57. The number of carbonyl (C=O) groups is 1. The normalized spacial score (nSPS) is 12.1. The van der Waals surface area contributed by atoms with Gasteiger partial charge in [-0.2, -0.15) is 4.98 Å². The Balaban J connectivity index is 2.19. The number of nitrogens with one attached hydrogen (secondary N) is 1. The molecule has 0 spiro atoms. The van der Waals surface area contributed by atoms with E-state index in [0.717, 1.165) is 5.56 Å². The fraction of sp³-hybridized carbons (Fsp3) is 0.250. The van der Waals surface area contributed by atoms with E-state index in [1.807, 2.05) is 30.3 Å². The molecule has 17 heavy (non-hydrogen) atoms. The van der Waals surface area contributed by atoms with E-state index in [4.69, 9.17) is 4.52 Å². The molecule has 1 amide bonds. The van der Waals surface area contributed by atoms with Gasteiger partial charge >= 0.3 is 0 Å². The highest BCUT2D eigenvalue weighted by molar-refractivity contribution is 5.73. The van der Waals surface area contributed by atoms with Crippen LogP contribution in [0.2, 0.25) is 0 Å². The molecule has 5 nitrogen and oxygen atoms in total. The lowest BCUT2D eigenvalue weighted by molar-refractivity contribution is -0.119. The molecule has 0 fully saturated rings. The van der Waals surface area contributed by atoms with Crippen molar-refractivity contribution in [2.75, 3.05) is 0 Å². The van der Waals surface area contributed by atoms with Gasteiger partial charge in [-0.25, -0.2) is 0 Å². The molecule has 2 rings (SSSR count). The summed E-state index contributed by atoms with van der Waals surface area (Å²) >= 11 is 0. The average Bonchev–Trinajstić information content (AvgIpc) is 2.78. The van der Waals surface area contributed by atoms with Crippen molar-refractivity contribution in [3.8, 4) is 11.4 Å². The van der Waals surface area contributed by atoms with Crippen LogP contribution in [0.5, 0.6) is 0 Å². The molecule has 1 atom stereocenters. The second kappa shape index (κ2) is 4.78. The predicted molar refractivity (Wildman–Crippen MR) is 62.0 cm³/mol. The third-order valence-corrected chi connectivity index (χ3v) is 2.26. The van der Waals surface area contributed by atoms with E-state index in [1.54, 1.807) is 6.92 Å². The van der Waals surface area contributed by atoms with Crippen molar-refractivity contribution in [3.63, 3.8) is 0 Å². The van der Waals surface area contributed by atoms with Gasteiger partial charge in [0.25, 0.3) is 0 Å². The SMILES string of the molecule is CC(=O)N[C@@H](C)c1nc(-c2ccccc2)no1. The molecule has 5 heteroatoms. The first-order valence-electron chi connectivity index (χ1n) is 5.33. The van der Waals surface area contributed by atoms with Crippen LogP contribution in [0.4, 0.5) is 0 Å². The molecule has 1 N–H and O–H groups in total. The molecular weight excluding hydrogens is 218 g/mol. The molecule has 0 saturated carbocycles. The molecule has 0 unspecified atom stereocenters. The second-order valence-corrected chi connectivity index (χ2v) is 3.74. The Morgan fingerprint density at radius 1 is 1.35 bits per heavy atom. The van der Waals surface area contributed by atoms with E-state index in [1.165, 1.54) is 6.92 Å².